The first kappa shape index (κ1) is 11.4. The SMILES string of the molecule is CC(CCC(=O)O)NC(=O)C1CC1C1CC1. The van der Waals surface area contributed by atoms with Gasteiger partial charge in [0.2, 0.25) is 5.91 Å². The van der Waals surface area contributed by atoms with Crippen molar-refractivity contribution in [2.75, 3.05) is 0 Å². The van der Waals surface area contributed by atoms with Gasteiger partial charge >= 0.3 is 5.97 Å². The molecule has 2 aliphatic rings. The highest BCUT2D eigenvalue weighted by Crippen LogP contribution is 2.54. The zero-order chi connectivity index (χ0) is 11.7. The highest BCUT2D eigenvalue weighted by atomic mass is 16.4. The van der Waals surface area contributed by atoms with E-state index in [1.54, 1.807) is 0 Å². The minimum absolute atomic E-state index is 0.0240. The van der Waals surface area contributed by atoms with Crippen LogP contribution in [0.15, 0.2) is 0 Å². The van der Waals surface area contributed by atoms with E-state index in [2.05, 4.69) is 5.32 Å². The zero-order valence-corrected chi connectivity index (χ0v) is 9.61. The second-order valence-corrected chi connectivity index (χ2v) is 5.19. The molecule has 0 heterocycles. The summed E-state index contributed by atoms with van der Waals surface area (Å²) in [6.45, 7) is 1.87. The molecular weight excluding hydrogens is 206 g/mol. The summed E-state index contributed by atoms with van der Waals surface area (Å²) in [4.78, 5) is 22.1. The summed E-state index contributed by atoms with van der Waals surface area (Å²) in [5.74, 6) is 0.995. The Hall–Kier alpha value is -1.06. The van der Waals surface area contributed by atoms with E-state index >= 15 is 0 Å². The molecule has 4 heteroatoms. The topological polar surface area (TPSA) is 66.4 Å². The zero-order valence-electron chi connectivity index (χ0n) is 9.61. The van der Waals surface area contributed by atoms with Crippen LogP contribution in [0, 0.1) is 17.8 Å². The van der Waals surface area contributed by atoms with Gasteiger partial charge in [0.15, 0.2) is 0 Å². The Labute approximate surface area is 95.4 Å². The van der Waals surface area contributed by atoms with E-state index in [1.807, 2.05) is 6.92 Å². The van der Waals surface area contributed by atoms with Crippen molar-refractivity contribution in [1.82, 2.24) is 5.32 Å². The molecule has 2 rings (SSSR count). The molecule has 0 aliphatic heterocycles. The van der Waals surface area contributed by atoms with E-state index in [9.17, 15) is 9.59 Å². The summed E-state index contributed by atoms with van der Waals surface area (Å²) >= 11 is 0. The number of amides is 1. The van der Waals surface area contributed by atoms with Crippen LogP contribution in [-0.2, 0) is 9.59 Å². The smallest absolute Gasteiger partial charge is 0.303 e. The summed E-state index contributed by atoms with van der Waals surface area (Å²) in [5.41, 5.74) is 0. The average molecular weight is 225 g/mol. The van der Waals surface area contributed by atoms with Gasteiger partial charge in [-0.15, -0.1) is 0 Å². The predicted octanol–water partition coefficient (Wildman–Crippen LogP) is 1.40. The van der Waals surface area contributed by atoms with Gasteiger partial charge in [-0.1, -0.05) is 0 Å². The Kier molecular flexibility index (Phi) is 3.17. The number of aliphatic carboxylic acids is 1. The lowest BCUT2D eigenvalue weighted by Gasteiger charge is -2.12. The quantitative estimate of drug-likeness (QED) is 0.718. The molecule has 0 aromatic heterocycles. The van der Waals surface area contributed by atoms with Crippen LogP contribution in [-0.4, -0.2) is 23.0 Å². The van der Waals surface area contributed by atoms with Crippen LogP contribution in [0.4, 0.5) is 0 Å². The van der Waals surface area contributed by atoms with Crippen molar-refractivity contribution in [3.63, 3.8) is 0 Å². The molecule has 2 N–H and O–H groups in total. The van der Waals surface area contributed by atoms with E-state index in [4.69, 9.17) is 5.11 Å². The molecule has 2 fully saturated rings. The summed E-state index contributed by atoms with van der Waals surface area (Å²) < 4.78 is 0. The minimum atomic E-state index is -0.802. The Morgan fingerprint density at radius 3 is 2.69 bits per heavy atom. The van der Waals surface area contributed by atoms with Gasteiger partial charge in [0.25, 0.3) is 0 Å². The summed E-state index contributed by atoms with van der Waals surface area (Å²) in [6.07, 6.45) is 4.27. The third-order valence-corrected chi connectivity index (χ3v) is 3.58. The van der Waals surface area contributed by atoms with Crippen molar-refractivity contribution in [2.24, 2.45) is 17.8 Å². The molecule has 2 saturated carbocycles. The minimum Gasteiger partial charge on any atom is -0.481 e. The van der Waals surface area contributed by atoms with Gasteiger partial charge in [-0.2, -0.15) is 0 Å². The number of carbonyl (C=O) groups is 2. The number of carboxylic acids is 1. The van der Waals surface area contributed by atoms with Crippen molar-refractivity contribution in [2.45, 2.75) is 45.1 Å². The maximum absolute atomic E-state index is 11.7. The third kappa shape index (κ3) is 2.97. The normalized spacial score (nSPS) is 29.6. The van der Waals surface area contributed by atoms with Gasteiger partial charge < -0.3 is 10.4 Å². The summed E-state index contributed by atoms with van der Waals surface area (Å²) in [5, 5.41) is 11.4. The first-order valence-electron chi connectivity index (χ1n) is 6.10. The molecule has 4 nitrogen and oxygen atoms in total. The molecule has 0 aromatic carbocycles. The van der Waals surface area contributed by atoms with Crippen molar-refractivity contribution in [3.8, 4) is 0 Å². The van der Waals surface area contributed by atoms with Crippen LogP contribution in [0.5, 0.6) is 0 Å². The van der Waals surface area contributed by atoms with Crippen molar-refractivity contribution >= 4 is 11.9 Å². The molecule has 0 radical (unpaired) electrons. The standard InChI is InChI=1S/C12H19NO3/c1-7(2-5-11(14)15)13-12(16)10-6-9(10)8-3-4-8/h7-10H,2-6H2,1H3,(H,13,16)(H,14,15). The van der Waals surface area contributed by atoms with Crippen LogP contribution in [0.2, 0.25) is 0 Å². The van der Waals surface area contributed by atoms with E-state index in [1.165, 1.54) is 12.8 Å². The van der Waals surface area contributed by atoms with Gasteiger partial charge in [0.05, 0.1) is 0 Å². The molecule has 3 unspecified atom stereocenters. The maximum Gasteiger partial charge on any atom is 0.303 e. The monoisotopic (exact) mass is 225 g/mol. The van der Waals surface area contributed by atoms with Crippen LogP contribution >= 0.6 is 0 Å². The lowest BCUT2D eigenvalue weighted by Crippen LogP contribution is -2.34. The molecule has 1 amide bonds. The summed E-state index contributed by atoms with van der Waals surface area (Å²) in [6, 6.07) is -0.0240. The Morgan fingerprint density at radius 2 is 2.12 bits per heavy atom. The van der Waals surface area contributed by atoms with Crippen LogP contribution in [0.1, 0.15) is 39.0 Å². The second-order valence-electron chi connectivity index (χ2n) is 5.19. The van der Waals surface area contributed by atoms with Crippen molar-refractivity contribution in [3.05, 3.63) is 0 Å². The summed E-state index contributed by atoms with van der Waals surface area (Å²) in [7, 11) is 0. The molecule has 0 saturated heterocycles. The fourth-order valence-corrected chi connectivity index (χ4v) is 2.32. The fourth-order valence-electron chi connectivity index (χ4n) is 2.32. The van der Waals surface area contributed by atoms with E-state index in [-0.39, 0.29) is 24.3 Å². The van der Waals surface area contributed by atoms with Crippen molar-refractivity contribution in [1.29, 1.82) is 0 Å². The maximum atomic E-state index is 11.7. The van der Waals surface area contributed by atoms with Crippen LogP contribution < -0.4 is 5.32 Å². The Balaban J connectivity index is 1.65. The highest BCUT2D eigenvalue weighted by molar-refractivity contribution is 5.82. The van der Waals surface area contributed by atoms with Gasteiger partial charge in [-0.3, -0.25) is 9.59 Å². The van der Waals surface area contributed by atoms with Gasteiger partial charge in [-0.05, 0) is 44.4 Å². The molecule has 0 bridgehead atoms. The van der Waals surface area contributed by atoms with Crippen LogP contribution in [0.25, 0.3) is 0 Å². The Morgan fingerprint density at radius 1 is 1.44 bits per heavy atom. The Bertz CT molecular complexity index is 299. The molecule has 2 aliphatic carbocycles. The highest BCUT2D eigenvalue weighted by Gasteiger charge is 2.51. The molecule has 0 aromatic rings. The number of carboxylic acid groups (broad SMARTS) is 1. The first-order chi connectivity index (χ1) is 7.58. The van der Waals surface area contributed by atoms with Crippen molar-refractivity contribution < 1.29 is 14.7 Å². The van der Waals surface area contributed by atoms with Crippen LogP contribution in [0.3, 0.4) is 0 Å². The molecule has 16 heavy (non-hydrogen) atoms. The number of nitrogens with one attached hydrogen (secondary N) is 1. The van der Waals surface area contributed by atoms with Gasteiger partial charge in [0.1, 0.15) is 0 Å². The number of hydrogen-bond acceptors (Lipinski definition) is 2. The van der Waals surface area contributed by atoms with Gasteiger partial charge in [-0.25, -0.2) is 0 Å². The first-order valence-corrected chi connectivity index (χ1v) is 6.10. The van der Waals surface area contributed by atoms with E-state index < -0.39 is 5.97 Å². The molecule has 90 valence electrons. The molecular formula is C12H19NO3. The molecule has 3 atom stereocenters. The lowest BCUT2D eigenvalue weighted by molar-refractivity contribution is -0.137. The number of carbonyl (C=O) groups excluding carboxylic acids is 1. The third-order valence-electron chi connectivity index (χ3n) is 3.58. The predicted molar refractivity (Wildman–Crippen MR) is 58.8 cm³/mol. The van der Waals surface area contributed by atoms with Gasteiger partial charge in [0, 0.05) is 18.4 Å². The number of rotatable bonds is 6. The largest absolute Gasteiger partial charge is 0.481 e. The second kappa shape index (κ2) is 4.44. The van der Waals surface area contributed by atoms with E-state index in [0.29, 0.717) is 12.3 Å². The fraction of sp³-hybridized carbons (Fsp3) is 0.833. The number of hydrogen-bond donors (Lipinski definition) is 2. The average Bonchev–Trinajstić information content (AvgIpc) is 3.00. The lowest BCUT2D eigenvalue weighted by atomic mass is 10.1. The van der Waals surface area contributed by atoms with E-state index in [0.717, 1.165) is 12.3 Å². The molecule has 0 spiro atoms.